The van der Waals surface area contributed by atoms with Crippen LogP contribution in [0.2, 0.25) is 5.02 Å². The van der Waals surface area contributed by atoms with Gasteiger partial charge in [0.05, 0.1) is 16.9 Å². The molecule has 0 aliphatic rings. The van der Waals surface area contributed by atoms with E-state index in [2.05, 4.69) is 5.10 Å². The first-order chi connectivity index (χ1) is 9.90. The summed E-state index contributed by atoms with van der Waals surface area (Å²) in [5, 5.41) is 4.55. The molecule has 1 amide bonds. The molecule has 7 heteroatoms. The summed E-state index contributed by atoms with van der Waals surface area (Å²) in [5.41, 5.74) is 12.7. The van der Waals surface area contributed by atoms with Gasteiger partial charge in [-0.1, -0.05) is 11.6 Å². The van der Waals surface area contributed by atoms with Crippen molar-refractivity contribution in [3.8, 4) is 17.0 Å². The lowest BCUT2D eigenvalue weighted by molar-refractivity contribution is 0.100. The van der Waals surface area contributed by atoms with Crippen LogP contribution >= 0.6 is 11.6 Å². The summed E-state index contributed by atoms with van der Waals surface area (Å²) in [4.78, 5) is 11.4. The van der Waals surface area contributed by atoms with Gasteiger partial charge in [0.1, 0.15) is 12.4 Å². The summed E-state index contributed by atoms with van der Waals surface area (Å²) in [5.74, 6) is 0.0519. The molecule has 0 bridgehead atoms. The maximum Gasteiger partial charge on any atom is 0.248 e. The molecule has 1 heterocycles. The number of ether oxygens (including phenoxy) is 1. The number of halogens is 1. The molecule has 0 aliphatic heterocycles. The minimum Gasteiger partial charge on any atom is -0.491 e. The summed E-state index contributed by atoms with van der Waals surface area (Å²) in [6.45, 7) is 2.19. The normalized spacial score (nSPS) is 12.2. The van der Waals surface area contributed by atoms with Crippen molar-refractivity contribution in [1.29, 1.82) is 0 Å². The maximum atomic E-state index is 11.4. The smallest absolute Gasteiger partial charge is 0.248 e. The molecule has 4 N–H and O–H groups in total. The van der Waals surface area contributed by atoms with Gasteiger partial charge in [-0.2, -0.15) is 5.10 Å². The number of benzene rings is 1. The van der Waals surface area contributed by atoms with Crippen molar-refractivity contribution >= 4 is 17.5 Å². The van der Waals surface area contributed by atoms with Crippen LogP contribution in [0.15, 0.2) is 24.4 Å². The molecular weight excluding hydrogens is 292 g/mol. The van der Waals surface area contributed by atoms with Gasteiger partial charge in [-0.15, -0.1) is 0 Å². The highest BCUT2D eigenvalue weighted by Gasteiger charge is 2.17. The van der Waals surface area contributed by atoms with E-state index >= 15 is 0 Å². The first-order valence-electron chi connectivity index (χ1n) is 6.40. The average Bonchev–Trinajstić information content (AvgIpc) is 2.75. The van der Waals surface area contributed by atoms with Gasteiger partial charge in [0, 0.05) is 24.2 Å². The Bertz CT molecular complexity index is 647. The second-order valence-electron chi connectivity index (χ2n) is 4.83. The highest BCUT2D eigenvalue weighted by Crippen LogP contribution is 2.35. The molecule has 0 aliphatic carbocycles. The molecule has 2 aromatic rings. The third-order valence-electron chi connectivity index (χ3n) is 2.92. The van der Waals surface area contributed by atoms with Gasteiger partial charge in [0.25, 0.3) is 0 Å². The molecule has 0 radical (unpaired) electrons. The Morgan fingerprint density at radius 3 is 2.76 bits per heavy atom. The Labute approximate surface area is 127 Å². The third kappa shape index (κ3) is 3.34. The SMILES string of the molecule is C[C@H](N)COc1ccc(C(N)=O)cc1-c1c(Cl)cnn1C. The molecule has 6 nitrogen and oxygen atoms in total. The fourth-order valence-electron chi connectivity index (χ4n) is 1.93. The molecule has 112 valence electrons. The van der Waals surface area contributed by atoms with Crippen molar-refractivity contribution in [2.75, 3.05) is 6.61 Å². The zero-order valence-corrected chi connectivity index (χ0v) is 12.6. The fraction of sp³-hybridized carbons (Fsp3) is 0.286. The van der Waals surface area contributed by atoms with Crippen LogP contribution < -0.4 is 16.2 Å². The molecule has 0 saturated carbocycles. The number of aromatic nitrogens is 2. The summed E-state index contributed by atoms with van der Waals surface area (Å²) < 4.78 is 7.30. The van der Waals surface area contributed by atoms with Crippen LogP contribution in [-0.4, -0.2) is 28.3 Å². The van der Waals surface area contributed by atoms with Crippen LogP contribution in [0.3, 0.4) is 0 Å². The van der Waals surface area contributed by atoms with Gasteiger partial charge < -0.3 is 16.2 Å². The quantitative estimate of drug-likeness (QED) is 0.876. The zero-order chi connectivity index (χ0) is 15.6. The van der Waals surface area contributed by atoms with E-state index < -0.39 is 5.91 Å². The number of aryl methyl sites for hydroxylation is 1. The maximum absolute atomic E-state index is 11.4. The topological polar surface area (TPSA) is 96.2 Å². The van der Waals surface area contributed by atoms with Crippen molar-refractivity contribution in [1.82, 2.24) is 9.78 Å². The van der Waals surface area contributed by atoms with Crippen molar-refractivity contribution in [2.45, 2.75) is 13.0 Å². The van der Waals surface area contributed by atoms with Gasteiger partial charge in [-0.25, -0.2) is 0 Å². The third-order valence-corrected chi connectivity index (χ3v) is 3.19. The summed E-state index contributed by atoms with van der Waals surface area (Å²) >= 11 is 6.17. The van der Waals surface area contributed by atoms with E-state index in [1.165, 1.54) is 6.20 Å². The summed E-state index contributed by atoms with van der Waals surface area (Å²) in [6, 6.07) is 4.81. The van der Waals surface area contributed by atoms with Crippen molar-refractivity contribution < 1.29 is 9.53 Å². The van der Waals surface area contributed by atoms with E-state index in [1.807, 2.05) is 6.92 Å². The first-order valence-corrected chi connectivity index (χ1v) is 6.78. The Kier molecular flexibility index (Phi) is 4.50. The van der Waals surface area contributed by atoms with Gasteiger partial charge in [0.2, 0.25) is 5.91 Å². The molecule has 1 atom stereocenters. The number of nitrogens with two attached hydrogens (primary N) is 2. The highest BCUT2D eigenvalue weighted by atomic mass is 35.5. The van der Waals surface area contributed by atoms with Crippen LogP contribution in [0.4, 0.5) is 0 Å². The van der Waals surface area contributed by atoms with E-state index in [1.54, 1.807) is 29.9 Å². The Hall–Kier alpha value is -2.05. The van der Waals surface area contributed by atoms with Crippen molar-refractivity contribution in [3.05, 3.63) is 35.0 Å². The zero-order valence-electron chi connectivity index (χ0n) is 11.8. The van der Waals surface area contributed by atoms with E-state index in [0.717, 1.165) is 0 Å². The second kappa shape index (κ2) is 6.15. The minimum atomic E-state index is -0.520. The van der Waals surface area contributed by atoms with E-state index in [4.69, 9.17) is 27.8 Å². The number of nitrogens with zero attached hydrogens (tertiary/aromatic N) is 2. The Morgan fingerprint density at radius 1 is 1.52 bits per heavy atom. The van der Waals surface area contributed by atoms with Gasteiger partial charge in [0.15, 0.2) is 0 Å². The molecule has 0 spiro atoms. The number of amides is 1. The van der Waals surface area contributed by atoms with Crippen LogP contribution in [0.1, 0.15) is 17.3 Å². The standard InChI is InChI=1S/C14H17ClN4O2/c1-8(16)7-21-12-4-3-9(14(17)20)5-10(12)13-11(15)6-18-19(13)2/h3-6,8H,7,16H2,1-2H3,(H2,17,20)/t8-/m0/s1. The molecule has 2 rings (SSSR count). The summed E-state index contributed by atoms with van der Waals surface area (Å²) in [6.07, 6.45) is 1.53. The number of hydrogen-bond donors (Lipinski definition) is 2. The number of primary amides is 1. The lowest BCUT2D eigenvalue weighted by atomic mass is 10.1. The number of rotatable bonds is 5. The van der Waals surface area contributed by atoms with Crippen LogP contribution in [-0.2, 0) is 7.05 Å². The molecule has 0 unspecified atom stereocenters. The second-order valence-corrected chi connectivity index (χ2v) is 5.24. The summed E-state index contributed by atoms with van der Waals surface area (Å²) in [7, 11) is 1.76. The molecule has 21 heavy (non-hydrogen) atoms. The van der Waals surface area contributed by atoms with Crippen molar-refractivity contribution in [3.63, 3.8) is 0 Å². The lowest BCUT2D eigenvalue weighted by Gasteiger charge is -2.14. The van der Waals surface area contributed by atoms with Gasteiger partial charge >= 0.3 is 0 Å². The number of carbonyl (C=O) groups is 1. The highest BCUT2D eigenvalue weighted by molar-refractivity contribution is 6.33. The first kappa shape index (κ1) is 15.3. The molecule has 0 saturated heterocycles. The molecule has 1 aromatic carbocycles. The molecular formula is C14H17ClN4O2. The lowest BCUT2D eigenvalue weighted by Crippen LogP contribution is -2.24. The Morgan fingerprint density at radius 2 is 2.24 bits per heavy atom. The predicted octanol–water partition coefficient (Wildman–Crippen LogP) is 1.57. The monoisotopic (exact) mass is 308 g/mol. The van der Waals surface area contributed by atoms with Crippen LogP contribution in [0.25, 0.3) is 11.3 Å². The van der Waals surface area contributed by atoms with Crippen molar-refractivity contribution in [2.24, 2.45) is 18.5 Å². The van der Waals surface area contributed by atoms with Crippen LogP contribution in [0, 0.1) is 0 Å². The molecule has 0 fully saturated rings. The number of carbonyl (C=O) groups excluding carboxylic acids is 1. The fourth-order valence-corrected chi connectivity index (χ4v) is 2.20. The van der Waals surface area contributed by atoms with Crippen LogP contribution in [0.5, 0.6) is 5.75 Å². The minimum absolute atomic E-state index is 0.115. The Balaban J connectivity index is 2.53. The van der Waals surface area contributed by atoms with E-state index in [-0.39, 0.29) is 6.04 Å². The average molecular weight is 309 g/mol. The largest absolute Gasteiger partial charge is 0.491 e. The van der Waals surface area contributed by atoms with Gasteiger partial charge in [-0.05, 0) is 25.1 Å². The molecule has 1 aromatic heterocycles. The van der Waals surface area contributed by atoms with Gasteiger partial charge in [-0.3, -0.25) is 9.48 Å². The number of hydrogen-bond acceptors (Lipinski definition) is 4. The van der Waals surface area contributed by atoms with E-state index in [0.29, 0.717) is 34.2 Å². The van der Waals surface area contributed by atoms with E-state index in [9.17, 15) is 4.79 Å². The predicted molar refractivity (Wildman–Crippen MR) is 81.3 cm³/mol.